The molecule has 2 N–H and O–H groups in total. The van der Waals surface area contributed by atoms with Crippen LogP contribution in [0.5, 0.6) is 0 Å². The number of amides is 3. The van der Waals surface area contributed by atoms with E-state index >= 15 is 0 Å². The lowest BCUT2D eigenvalue weighted by Crippen LogP contribution is -2.57. The van der Waals surface area contributed by atoms with Gasteiger partial charge in [-0.3, -0.25) is 19.2 Å². The third kappa shape index (κ3) is 8.40. The molecule has 2 bridgehead atoms. The van der Waals surface area contributed by atoms with Gasteiger partial charge in [0.15, 0.2) is 0 Å². The monoisotopic (exact) mass is 729 g/mol. The fourth-order valence-electron chi connectivity index (χ4n) is 7.51. The Hall–Kier alpha value is -3.02. The van der Waals surface area contributed by atoms with E-state index in [-0.39, 0.29) is 42.2 Å². The van der Waals surface area contributed by atoms with Crippen LogP contribution in [0.4, 0.5) is 0 Å². The first kappa shape index (κ1) is 37.8. The molecular formula is C37H52BrN3O7. The fourth-order valence-corrected chi connectivity index (χ4v) is 8.46. The summed E-state index contributed by atoms with van der Waals surface area (Å²) in [5, 5.41) is 12.3. The third-order valence-electron chi connectivity index (χ3n) is 9.81. The molecular weight excluding hydrogens is 678 g/mol. The lowest BCUT2D eigenvalue weighted by atomic mass is 9.70. The minimum atomic E-state index is -1.16. The molecule has 1 spiro atoms. The van der Waals surface area contributed by atoms with Gasteiger partial charge in [0.25, 0.3) is 0 Å². The third-order valence-corrected chi connectivity index (χ3v) is 10.7. The zero-order valence-corrected chi connectivity index (χ0v) is 29.8. The molecule has 48 heavy (non-hydrogen) atoms. The molecule has 3 heterocycles. The minimum Gasteiger partial charge on any atom is -0.463 e. The second-order valence-corrected chi connectivity index (χ2v) is 14.3. The number of fused-ring (bicyclic) bond motifs is 1. The maximum atomic E-state index is 14.5. The Bertz CT molecular complexity index is 1280. The number of nitrogens with zero attached hydrogens (tertiary/aromatic N) is 2. The lowest BCUT2D eigenvalue weighted by Gasteiger charge is -2.37. The Morgan fingerprint density at radius 3 is 2.58 bits per heavy atom. The zero-order valence-electron chi connectivity index (χ0n) is 28.2. The second kappa shape index (κ2) is 18.1. The van der Waals surface area contributed by atoms with Crippen LogP contribution in [0.1, 0.15) is 82.7 Å². The van der Waals surface area contributed by atoms with E-state index < -0.39 is 41.6 Å². The van der Waals surface area contributed by atoms with Gasteiger partial charge in [-0.25, -0.2) is 0 Å². The average Bonchev–Trinajstić information content (AvgIpc) is 3.68. The molecule has 1 aromatic carbocycles. The molecule has 264 valence electrons. The SMILES string of the molecule is C=CCCC(=O)OC[C@H](NC(=O)[C@H]1[C@@H]2O[C@@]3(CC2Br)[C@@H]1C(=O)N(CCCCCCO)[C@@H]3C(=O)N(CC=C)CCCCC)c1ccccc1. The number of carbonyl (C=O) groups excluding carboxylic acids is 4. The number of alkyl halides is 1. The van der Waals surface area contributed by atoms with Gasteiger partial charge in [0.2, 0.25) is 17.7 Å². The van der Waals surface area contributed by atoms with Gasteiger partial charge in [-0.2, -0.15) is 0 Å². The van der Waals surface area contributed by atoms with Crippen LogP contribution in [-0.2, 0) is 28.7 Å². The molecule has 4 rings (SSSR count). The van der Waals surface area contributed by atoms with Gasteiger partial charge < -0.3 is 29.7 Å². The predicted octanol–water partition coefficient (Wildman–Crippen LogP) is 4.86. The number of halogens is 1. The Balaban J connectivity index is 1.63. The number of rotatable bonds is 21. The predicted molar refractivity (Wildman–Crippen MR) is 187 cm³/mol. The van der Waals surface area contributed by atoms with Crippen LogP contribution in [0, 0.1) is 11.8 Å². The van der Waals surface area contributed by atoms with Gasteiger partial charge in [0.05, 0.1) is 24.0 Å². The van der Waals surface area contributed by atoms with E-state index in [1.54, 1.807) is 22.0 Å². The molecule has 0 radical (unpaired) electrons. The van der Waals surface area contributed by atoms with Crippen LogP contribution in [0.3, 0.4) is 0 Å². The Morgan fingerprint density at radius 2 is 1.90 bits per heavy atom. The number of esters is 1. The number of aliphatic hydroxyl groups is 1. The van der Waals surface area contributed by atoms with Gasteiger partial charge in [0.1, 0.15) is 18.2 Å². The number of allylic oxidation sites excluding steroid dienone is 1. The number of carbonyl (C=O) groups is 4. The maximum Gasteiger partial charge on any atom is 0.306 e. The van der Waals surface area contributed by atoms with Crippen molar-refractivity contribution in [1.29, 1.82) is 0 Å². The summed E-state index contributed by atoms with van der Waals surface area (Å²) < 4.78 is 12.3. The first-order valence-electron chi connectivity index (χ1n) is 17.5. The molecule has 1 aromatic rings. The van der Waals surface area contributed by atoms with E-state index in [2.05, 4.69) is 41.3 Å². The molecule has 3 fully saturated rings. The summed E-state index contributed by atoms with van der Waals surface area (Å²) in [7, 11) is 0. The van der Waals surface area contributed by atoms with Crippen LogP contribution in [0.25, 0.3) is 0 Å². The number of unbranched alkanes of at least 4 members (excludes halogenated alkanes) is 5. The number of hydrogen-bond donors (Lipinski definition) is 2. The van der Waals surface area contributed by atoms with Crippen molar-refractivity contribution < 1.29 is 33.8 Å². The van der Waals surface area contributed by atoms with Crippen molar-refractivity contribution in [2.24, 2.45) is 11.8 Å². The molecule has 10 nitrogen and oxygen atoms in total. The molecule has 3 aliphatic rings. The van der Waals surface area contributed by atoms with E-state index in [0.29, 0.717) is 45.3 Å². The summed E-state index contributed by atoms with van der Waals surface area (Å²) in [4.78, 5) is 58.9. The number of ether oxygens (including phenoxy) is 2. The van der Waals surface area contributed by atoms with Crippen LogP contribution in [0.2, 0.25) is 0 Å². The van der Waals surface area contributed by atoms with Crippen LogP contribution < -0.4 is 5.32 Å². The van der Waals surface area contributed by atoms with Crippen LogP contribution in [0.15, 0.2) is 55.6 Å². The smallest absolute Gasteiger partial charge is 0.306 e. The summed E-state index contributed by atoms with van der Waals surface area (Å²) in [6.45, 7) is 10.9. The van der Waals surface area contributed by atoms with E-state index in [1.165, 1.54) is 0 Å². The largest absolute Gasteiger partial charge is 0.463 e. The van der Waals surface area contributed by atoms with E-state index in [1.807, 2.05) is 30.3 Å². The molecule has 1 unspecified atom stereocenters. The molecule has 3 saturated heterocycles. The quantitative estimate of drug-likeness (QED) is 0.0802. The normalized spacial score (nSPS) is 26.2. The van der Waals surface area contributed by atoms with Crippen LogP contribution >= 0.6 is 15.9 Å². The van der Waals surface area contributed by atoms with E-state index in [4.69, 9.17) is 9.47 Å². The summed E-state index contributed by atoms with van der Waals surface area (Å²) in [5.74, 6) is -2.86. The minimum absolute atomic E-state index is 0.0686. The van der Waals surface area contributed by atoms with Crippen molar-refractivity contribution >= 4 is 39.6 Å². The second-order valence-electron chi connectivity index (χ2n) is 13.1. The molecule has 11 heteroatoms. The topological polar surface area (TPSA) is 125 Å². The van der Waals surface area contributed by atoms with Crippen molar-refractivity contribution in [3.8, 4) is 0 Å². The summed E-state index contributed by atoms with van der Waals surface area (Å²) >= 11 is 3.76. The van der Waals surface area contributed by atoms with Crippen molar-refractivity contribution in [1.82, 2.24) is 15.1 Å². The van der Waals surface area contributed by atoms with E-state index in [0.717, 1.165) is 37.7 Å². The van der Waals surface area contributed by atoms with Crippen molar-refractivity contribution in [3.63, 3.8) is 0 Å². The summed E-state index contributed by atoms with van der Waals surface area (Å²) in [6.07, 6.45) is 9.63. The highest BCUT2D eigenvalue weighted by atomic mass is 79.9. The van der Waals surface area contributed by atoms with Gasteiger partial charge in [-0.15, -0.1) is 13.2 Å². The number of benzene rings is 1. The summed E-state index contributed by atoms with van der Waals surface area (Å²) in [6, 6.07) is 7.77. The molecule has 7 atom stereocenters. The van der Waals surface area contributed by atoms with Gasteiger partial charge in [0, 0.05) is 37.5 Å². The standard InChI is InChI=1S/C37H52BrN3O7/c1-4-7-14-21-40(20-6-3)36(46)33-37-24-27(38)32(48-37)30(31(37)35(45)41(33)22-15-9-10-16-23-42)34(44)39-28(26-17-12-11-13-18-26)25-47-29(43)19-8-5-2/h5-6,11-13,17-18,27-28,30-33,42H,2-4,7-10,14-16,19-25H2,1H3,(H,39,44)/t27?,28-,30+,31-,32+,33+,37-/m0/s1. The van der Waals surface area contributed by atoms with Gasteiger partial charge in [-0.05, 0) is 37.7 Å². The number of likely N-dealkylation sites (tertiary alicyclic amines) is 1. The molecule has 0 aromatic heterocycles. The summed E-state index contributed by atoms with van der Waals surface area (Å²) in [5.41, 5.74) is -0.400. The van der Waals surface area contributed by atoms with Crippen LogP contribution in [-0.4, -0.2) is 94.0 Å². The Morgan fingerprint density at radius 1 is 1.15 bits per heavy atom. The first-order chi connectivity index (χ1) is 23.2. The highest BCUT2D eigenvalue weighted by molar-refractivity contribution is 9.09. The van der Waals surface area contributed by atoms with E-state index in [9.17, 15) is 24.3 Å². The maximum absolute atomic E-state index is 14.5. The first-order valence-corrected chi connectivity index (χ1v) is 18.4. The van der Waals surface area contributed by atoms with Crippen molar-refractivity contribution in [2.75, 3.05) is 32.8 Å². The van der Waals surface area contributed by atoms with Crippen molar-refractivity contribution in [3.05, 3.63) is 61.2 Å². The molecule has 0 saturated carbocycles. The zero-order chi connectivity index (χ0) is 34.7. The highest BCUT2D eigenvalue weighted by Crippen LogP contribution is 2.60. The number of hydrogen-bond acceptors (Lipinski definition) is 7. The molecule has 0 aliphatic carbocycles. The lowest BCUT2D eigenvalue weighted by molar-refractivity contribution is -0.148. The number of nitrogens with one attached hydrogen (secondary N) is 1. The molecule has 3 aliphatic heterocycles. The van der Waals surface area contributed by atoms with Crippen molar-refractivity contribution in [2.45, 2.75) is 99.7 Å². The average molecular weight is 731 g/mol. The van der Waals surface area contributed by atoms with Gasteiger partial charge in [-0.1, -0.05) is 91.0 Å². The highest BCUT2D eigenvalue weighted by Gasteiger charge is 2.76. The molecule has 3 amide bonds. The van der Waals surface area contributed by atoms with Gasteiger partial charge >= 0.3 is 5.97 Å². The Kier molecular flexibility index (Phi) is 14.3. The Labute approximate surface area is 293 Å². The number of aliphatic hydroxyl groups excluding tert-OH is 1. The fraction of sp³-hybridized carbons (Fsp3) is 0.622.